The molecule has 4 aromatic rings. The summed E-state index contributed by atoms with van der Waals surface area (Å²) in [6, 6.07) is 18.7. The predicted octanol–water partition coefficient (Wildman–Crippen LogP) is 24.1. The molecule has 0 heterocycles. The number of hydrogen-bond acceptors (Lipinski definition) is 6. The van der Waals surface area contributed by atoms with Crippen LogP contribution in [-0.4, -0.2) is 74.8 Å². The second-order valence-electron chi connectivity index (χ2n) is 25.6. The number of benzene rings is 4. The Morgan fingerprint density at radius 3 is 0.612 bits per heavy atom. The Bertz CT molecular complexity index is 2230. The summed E-state index contributed by atoms with van der Waals surface area (Å²) in [5, 5.41) is 3.30. The quantitative estimate of drug-likeness (QED) is 0.0247. The first-order valence-corrected chi connectivity index (χ1v) is 38.8. The van der Waals surface area contributed by atoms with Crippen molar-refractivity contribution in [2.75, 3.05) is 0 Å². The van der Waals surface area contributed by atoms with Crippen molar-refractivity contribution in [1.29, 1.82) is 0 Å². The second kappa shape index (κ2) is 52.4. The van der Waals surface area contributed by atoms with Crippen LogP contribution in [0.1, 0.15) is 358 Å². The van der Waals surface area contributed by atoms with Gasteiger partial charge in [0.2, 0.25) is 0 Å². The molecule has 0 fully saturated rings. The van der Waals surface area contributed by atoms with E-state index in [1.807, 2.05) is 36.4 Å². The summed E-state index contributed by atoms with van der Waals surface area (Å²) >= 11 is 0. The van der Waals surface area contributed by atoms with Gasteiger partial charge in [0, 0.05) is 0 Å². The van der Waals surface area contributed by atoms with Crippen LogP contribution in [0.15, 0.2) is 70.5 Å². The zero-order valence-electron chi connectivity index (χ0n) is 55.5. The van der Waals surface area contributed by atoms with Crippen LogP contribution in [0.5, 0.6) is 0 Å². The van der Waals surface area contributed by atoms with Gasteiger partial charge in [-0.05, 0) is 107 Å². The standard InChI is InChI=1S/2C38H64O3S.Ba/c2*1-3-5-7-9-11-13-15-17-19-21-23-25-28-34-30-27-31-36-37(42(39,40)41)33-32-35(38(34)36)29-26-24-22-20-18-16-14-12-10-8-6-4-2;/h2*27,30-33H,3-26,28-29H2,1-2H3,(H,39,40,41);/q;;+2/p-2. The van der Waals surface area contributed by atoms with Gasteiger partial charge in [0.15, 0.2) is 0 Å². The molecule has 9 heteroatoms. The summed E-state index contributed by atoms with van der Waals surface area (Å²) in [4.78, 5) is -0.125. The van der Waals surface area contributed by atoms with E-state index in [-0.39, 0.29) is 58.7 Å². The molecule has 0 radical (unpaired) electrons. The molecule has 4 rings (SSSR count). The Hall–Kier alpha value is -1.21. The molecule has 0 spiro atoms. The zero-order valence-corrected chi connectivity index (χ0v) is 61.6. The molecule has 0 saturated carbocycles. The molecule has 0 N–H and O–H groups in total. The van der Waals surface area contributed by atoms with Crippen LogP contribution in [0, 0.1) is 0 Å². The summed E-state index contributed by atoms with van der Waals surface area (Å²) in [5.74, 6) is 0. The molecule has 6 nitrogen and oxygen atoms in total. The van der Waals surface area contributed by atoms with Crippen LogP contribution in [-0.2, 0) is 45.9 Å². The van der Waals surface area contributed by atoms with Gasteiger partial charge in [-0.25, -0.2) is 16.8 Å². The van der Waals surface area contributed by atoms with Gasteiger partial charge < -0.3 is 9.11 Å². The van der Waals surface area contributed by atoms with Crippen LogP contribution >= 0.6 is 0 Å². The van der Waals surface area contributed by atoms with Gasteiger partial charge in [-0.3, -0.25) is 0 Å². The Labute approximate surface area is 565 Å². The van der Waals surface area contributed by atoms with E-state index in [0.717, 1.165) is 62.1 Å². The molecule has 0 saturated heterocycles. The molecule has 480 valence electrons. The van der Waals surface area contributed by atoms with Crippen molar-refractivity contribution in [2.45, 2.75) is 371 Å². The third-order valence-electron chi connectivity index (χ3n) is 18.1. The minimum atomic E-state index is -4.51. The second-order valence-corrected chi connectivity index (χ2v) is 28.3. The van der Waals surface area contributed by atoms with Crippen molar-refractivity contribution in [2.24, 2.45) is 0 Å². The Kier molecular flexibility index (Phi) is 49.3. The number of fused-ring (bicyclic) bond motifs is 2. The fourth-order valence-electron chi connectivity index (χ4n) is 13.0. The first-order chi connectivity index (χ1) is 41.0. The van der Waals surface area contributed by atoms with Crippen molar-refractivity contribution in [3.8, 4) is 0 Å². The van der Waals surface area contributed by atoms with E-state index < -0.39 is 20.2 Å². The maximum absolute atomic E-state index is 12.1. The van der Waals surface area contributed by atoms with Crippen molar-refractivity contribution in [3.05, 3.63) is 82.9 Å². The topological polar surface area (TPSA) is 114 Å². The largest absolute Gasteiger partial charge is 2.00 e. The Morgan fingerprint density at radius 1 is 0.247 bits per heavy atom. The normalized spacial score (nSPS) is 11.8. The SMILES string of the molecule is CCCCCCCCCCCCCCc1cccc2c(S(=O)(=O)[O-])ccc(CCCCCCCCCCCCCC)c12.CCCCCCCCCCCCCCc1cccc2c(S(=O)(=O)[O-])ccc(CCCCCCCCCCCCCC)c12.[Ba+2]. The first kappa shape index (κ1) is 79.9. The Balaban J connectivity index is 0.000000573. The number of rotatable bonds is 54. The molecule has 0 aliphatic heterocycles. The zero-order chi connectivity index (χ0) is 60.6. The minimum absolute atomic E-state index is 0. The van der Waals surface area contributed by atoms with Gasteiger partial charge in [0.05, 0.1) is 9.79 Å². The van der Waals surface area contributed by atoms with E-state index in [4.69, 9.17) is 0 Å². The molecule has 0 bridgehead atoms. The fourth-order valence-corrected chi connectivity index (χ4v) is 14.3. The molecular formula is C76H126BaO6S2. The van der Waals surface area contributed by atoms with E-state index >= 15 is 0 Å². The average Bonchev–Trinajstić information content (AvgIpc) is 1.39. The molecule has 0 aromatic heterocycles. The van der Waals surface area contributed by atoms with Gasteiger partial charge in [-0.1, -0.05) is 359 Å². The van der Waals surface area contributed by atoms with E-state index in [0.29, 0.717) is 10.8 Å². The van der Waals surface area contributed by atoms with Gasteiger partial charge in [-0.15, -0.1) is 0 Å². The maximum Gasteiger partial charge on any atom is 2.00 e. The molecule has 0 amide bonds. The van der Waals surface area contributed by atoms with Crippen LogP contribution < -0.4 is 0 Å². The molecular weight excluding hydrogens is 1210 g/mol. The minimum Gasteiger partial charge on any atom is -0.744 e. The van der Waals surface area contributed by atoms with E-state index in [2.05, 4.69) is 39.8 Å². The summed E-state index contributed by atoms with van der Waals surface area (Å²) < 4.78 is 72.4. The van der Waals surface area contributed by atoms with Crippen LogP contribution in [0.3, 0.4) is 0 Å². The van der Waals surface area contributed by atoms with Crippen molar-refractivity contribution in [1.82, 2.24) is 0 Å². The first-order valence-electron chi connectivity index (χ1n) is 36.0. The maximum atomic E-state index is 12.1. The van der Waals surface area contributed by atoms with Crippen molar-refractivity contribution >= 4 is 90.7 Å². The van der Waals surface area contributed by atoms with Crippen molar-refractivity contribution in [3.63, 3.8) is 0 Å². The van der Waals surface area contributed by atoms with Crippen LogP contribution in [0.2, 0.25) is 0 Å². The van der Waals surface area contributed by atoms with Gasteiger partial charge >= 0.3 is 48.9 Å². The third kappa shape index (κ3) is 37.0. The van der Waals surface area contributed by atoms with Crippen LogP contribution in [0.25, 0.3) is 21.5 Å². The summed E-state index contributed by atoms with van der Waals surface area (Å²) in [5.41, 5.74) is 4.83. The van der Waals surface area contributed by atoms with Crippen molar-refractivity contribution < 1.29 is 25.9 Å². The van der Waals surface area contributed by atoms with E-state index in [1.165, 1.54) is 305 Å². The predicted molar refractivity (Wildman–Crippen MR) is 369 cm³/mol. The van der Waals surface area contributed by atoms with Gasteiger partial charge in [-0.2, -0.15) is 0 Å². The summed E-state index contributed by atoms with van der Waals surface area (Å²) in [6.07, 6.45) is 67.3. The van der Waals surface area contributed by atoms with E-state index in [1.54, 1.807) is 12.1 Å². The smallest absolute Gasteiger partial charge is 0.744 e. The molecule has 0 aliphatic carbocycles. The Morgan fingerprint density at radius 2 is 0.424 bits per heavy atom. The van der Waals surface area contributed by atoms with Crippen LogP contribution in [0.4, 0.5) is 0 Å². The number of aryl methyl sites for hydroxylation is 4. The van der Waals surface area contributed by atoms with Gasteiger partial charge in [0.1, 0.15) is 20.2 Å². The number of unbranched alkanes of at least 4 members (excludes halogenated alkanes) is 44. The molecule has 85 heavy (non-hydrogen) atoms. The molecule has 0 atom stereocenters. The van der Waals surface area contributed by atoms with E-state index in [9.17, 15) is 25.9 Å². The van der Waals surface area contributed by atoms with Gasteiger partial charge in [0.25, 0.3) is 0 Å². The fraction of sp³-hybridized carbons (Fsp3) is 0.737. The summed E-state index contributed by atoms with van der Waals surface area (Å²) in [7, 11) is -9.01. The average molecular weight is 1340 g/mol. The molecule has 0 unspecified atom stereocenters. The molecule has 4 aromatic carbocycles. The summed E-state index contributed by atoms with van der Waals surface area (Å²) in [6.45, 7) is 9.09. The number of hydrogen-bond donors (Lipinski definition) is 0. The monoisotopic (exact) mass is 1340 g/mol. The molecule has 0 aliphatic rings. The third-order valence-corrected chi connectivity index (χ3v) is 19.9.